The Kier molecular flexibility index (Phi) is 25.8. The molecule has 0 aliphatic carbocycles. The van der Waals surface area contributed by atoms with Crippen molar-refractivity contribution in [2.45, 2.75) is 88.6 Å². The topological polar surface area (TPSA) is 313 Å². The summed E-state index contributed by atoms with van der Waals surface area (Å²) in [5.74, 6) is -7.63. The molecule has 0 aliphatic rings. The lowest BCUT2D eigenvalue weighted by Gasteiger charge is -2.21. The Bertz CT molecular complexity index is 484. The summed E-state index contributed by atoms with van der Waals surface area (Å²) in [6, 6.07) is 0. The van der Waals surface area contributed by atoms with E-state index in [1.165, 1.54) is 0 Å². The molecule has 0 saturated heterocycles. The van der Waals surface area contributed by atoms with Crippen molar-refractivity contribution < 1.29 is 60.7 Å². The van der Waals surface area contributed by atoms with Gasteiger partial charge in [0.25, 0.3) is 0 Å². The number of nitrogens with two attached hydrogens (primary N) is 2. The van der Waals surface area contributed by atoms with Gasteiger partial charge in [-0.2, -0.15) is 0 Å². The number of carboxylic acids is 2. The number of carboxylic acid groups (broad SMARTS) is 2. The standard InChI is InChI=1S/C12H22O4.2C4H12N2O4/c13-11(14)9-7-5-3-1-2-4-6-8-10-12(15)16;2*5-1-2-6-3(7)4(8,9)10/h1-10H2,(H,13,14)(H,15,16);2*3,6-10H,1-2,5H2. The Morgan fingerprint density at radius 1 is 0.583 bits per heavy atom. The molecular formula is C20H46N4O12. The van der Waals surface area contributed by atoms with Crippen LogP contribution in [0.1, 0.15) is 64.2 Å². The number of hydrogen-bond acceptors (Lipinski definition) is 14. The third-order valence-electron chi connectivity index (χ3n) is 4.23. The van der Waals surface area contributed by atoms with E-state index in [9.17, 15) is 9.59 Å². The Morgan fingerprint density at radius 2 is 0.833 bits per heavy atom. The monoisotopic (exact) mass is 534 g/mol. The summed E-state index contributed by atoms with van der Waals surface area (Å²) < 4.78 is 0. The molecule has 0 saturated carbocycles. The van der Waals surface area contributed by atoms with Gasteiger partial charge in [-0.25, -0.2) is 0 Å². The minimum Gasteiger partial charge on any atom is -0.481 e. The van der Waals surface area contributed by atoms with Crippen molar-refractivity contribution in [2.24, 2.45) is 11.5 Å². The number of aliphatic hydroxyl groups excluding tert-OH is 2. The molecule has 0 aromatic heterocycles. The molecule has 0 aromatic carbocycles. The number of carbonyl (C=O) groups is 2. The molecule has 36 heavy (non-hydrogen) atoms. The van der Waals surface area contributed by atoms with Crippen molar-refractivity contribution in [3.05, 3.63) is 0 Å². The van der Waals surface area contributed by atoms with Gasteiger partial charge in [-0.3, -0.25) is 20.2 Å². The maximum Gasteiger partial charge on any atom is 0.317 e. The van der Waals surface area contributed by atoms with Crippen LogP contribution in [-0.2, 0) is 9.59 Å². The lowest BCUT2D eigenvalue weighted by molar-refractivity contribution is -0.360. The summed E-state index contributed by atoms with van der Waals surface area (Å²) in [5.41, 5.74) is 10.0. The molecular weight excluding hydrogens is 488 g/mol. The van der Waals surface area contributed by atoms with Gasteiger partial charge >= 0.3 is 23.9 Å². The van der Waals surface area contributed by atoms with Crippen LogP contribution >= 0.6 is 0 Å². The zero-order chi connectivity index (χ0) is 28.6. The van der Waals surface area contributed by atoms with Crippen LogP contribution < -0.4 is 22.1 Å². The van der Waals surface area contributed by atoms with E-state index in [1.807, 2.05) is 0 Å². The zero-order valence-electron chi connectivity index (χ0n) is 20.5. The van der Waals surface area contributed by atoms with E-state index in [-0.39, 0.29) is 39.0 Å². The second kappa shape index (κ2) is 23.8. The largest absolute Gasteiger partial charge is 0.481 e. The lowest BCUT2D eigenvalue weighted by atomic mass is 10.1. The number of aliphatic carboxylic acids is 2. The predicted octanol–water partition coefficient (Wildman–Crippen LogP) is -3.98. The summed E-state index contributed by atoms with van der Waals surface area (Å²) in [6.45, 7) is 0.829. The molecule has 0 aliphatic heterocycles. The fourth-order valence-electron chi connectivity index (χ4n) is 2.33. The SMILES string of the molecule is NCCNC(O)C(O)(O)O.NCCNC(O)C(O)(O)O.O=C(O)CCCCCCCCCCC(=O)O. The third kappa shape index (κ3) is 32.5. The molecule has 16 nitrogen and oxygen atoms in total. The molecule has 218 valence electrons. The molecule has 0 fully saturated rings. The highest BCUT2D eigenvalue weighted by Gasteiger charge is 2.29. The number of aliphatic hydroxyl groups is 8. The minimum atomic E-state index is -3.10. The van der Waals surface area contributed by atoms with Crippen LogP contribution in [0.2, 0.25) is 0 Å². The molecule has 0 amide bonds. The van der Waals surface area contributed by atoms with E-state index in [4.69, 9.17) is 62.5 Å². The van der Waals surface area contributed by atoms with Gasteiger partial charge in [0.1, 0.15) is 0 Å². The zero-order valence-corrected chi connectivity index (χ0v) is 20.5. The fraction of sp³-hybridized carbons (Fsp3) is 0.900. The highest BCUT2D eigenvalue weighted by molar-refractivity contribution is 5.66. The average molecular weight is 535 g/mol. The highest BCUT2D eigenvalue weighted by Crippen LogP contribution is 2.10. The van der Waals surface area contributed by atoms with Crippen LogP contribution in [0.15, 0.2) is 0 Å². The highest BCUT2D eigenvalue weighted by atomic mass is 16.7. The smallest absolute Gasteiger partial charge is 0.317 e. The van der Waals surface area contributed by atoms with E-state index in [0.29, 0.717) is 0 Å². The van der Waals surface area contributed by atoms with E-state index in [2.05, 4.69) is 10.6 Å². The lowest BCUT2D eigenvalue weighted by Crippen LogP contribution is -2.51. The molecule has 0 radical (unpaired) electrons. The van der Waals surface area contributed by atoms with Crippen molar-refractivity contribution in [3.8, 4) is 0 Å². The third-order valence-corrected chi connectivity index (χ3v) is 4.23. The van der Waals surface area contributed by atoms with Gasteiger partial charge in [0.2, 0.25) is 0 Å². The van der Waals surface area contributed by atoms with Gasteiger partial charge in [-0.05, 0) is 12.8 Å². The van der Waals surface area contributed by atoms with Gasteiger partial charge in [0, 0.05) is 39.0 Å². The Morgan fingerprint density at radius 3 is 1.03 bits per heavy atom. The maximum atomic E-state index is 10.2. The fourth-order valence-corrected chi connectivity index (χ4v) is 2.33. The summed E-state index contributed by atoms with van der Waals surface area (Å²) in [7, 11) is 0. The number of nitrogens with one attached hydrogen (secondary N) is 2. The molecule has 0 spiro atoms. The van der Waals surface area contributed by atoms with Crippen molar-refractivity contribution in [1.29, 1.82) is 0 Å². The Labute approximate surface area is 210 Å². The van der Waals surface area contributed by atoms with Crippen molar-refractivity contribution in [1.82, 2.24) is 10.6 Å². The number of unbranched alkanes of at least 4 members (excludes halogenated alkanes) is 7. The first-order chi connectivity index (χ1) is 16.6. The number of rotatable bonds is 19. The first-order valence-corrected chi connectivity index (χ1v) is 11.6. The minimum absolute atomic E-state index is 0.185. The Balaban J connectivity index is -0.000000476. The van der Waals surface area contributed by atoms with Crippen LogP contribution in [0.3, 0.4) is 0 Å². The van der Waals surface area contributed by atoms with Crippen molar-refractivity contribution >= 4 is 11.9 Å². The molecule has 2 unspecified atom stereocenters. The number of hydrogen-bond donors (Lipinski definition) is 14. The van der Waals surface area contributed by atoms with Gasteiger partial charge < -0.3 is 62.5 Å². The molecule has 0 heterocycles. The predicted molar refractivity (Wildman–Crippen MR) is 126 cm³/mol. The molecule has 16 N–H and O–H groups in total. The van der Waals surface area contributed by atoms with Crippen LogP contribution in [-0.4, -0.2) is 114 Å². The second-order valence-electron chi connectivity index (χ2n) is 7.78. The van der Waals surface area contributed by atoms with Crippen LogP contribution in [0.4, 0.5) is 0 Å². The second-order valence-corrected chi connectivity index (χ2v) is 7.78. The first kappa shape index (κ1) is 39.0. The molecule has 2 atom stereocenters. The molecule has 0 bridgehead atoms. The van der Waals surface area contributed by atoms with Crippen molar-refractivity contribution in [3.63, 3.8) is 0 Å². The molecule has 0 rings (SSSR count). The normalized spacial score (nSPS) is 13.1. The maximum absolute atomic E-state index is 10.2. The van der Waals surface area contributed by atoms with Gasteiger partial charge in [0.05, 0.1) is 0 Å². The molecule has 0 aromatic rings. The van der Waals surface area contributed by atoms with Crippen LogP contribution in [0.5, 0.6) is 0 Å². The van der Waals surface area contributed by atoms with Gasteiger partial charge in [-0.1, -0.05) is 38.5 Å². The summed E-state index contributed by atoms with van der Waals surface area (Å²) >= 11 is 0. The van der Waals surface area contributed by atoms with E-state index < -0.39 is 36.3 Å². The van der Waals surface area contributed by atoms with E-state index in [0.717, 1.165) is 51.4 Å². The average Bonchev–Trinajstić information content (AvgIpc) is 2.76. The van der Waals surface area contributed by atoms with Crippen LogP contribution in [0, 0.1) is 0 Å². The van der Waals surface area contributed by atoms with Gasteiger partial charge in [-0.15, -0.1) is 0 Å². The summed E-state index contributed by atoms with van der Waals surface area (Å²) in [5, 5.41) is 87.9. The van der Waals surface area contributed by atoms with E-state index in [1.54, 1.807) is 0 Å². The van der Waals surface area contributed by atoms with Crippen LogP contribution in [0.25, 0.3) is 0 Å². The Hall–Kier alpha value is -1.54. The molecule has 16 heteroatoms. The van der Waals surface area contributed by atoms with Gasteiger partial charge in [0.15, 0.2) is 12.5 Å². The summed E-state index contributed by atoms with van der Waals surface area (Å²) in [4.78, 5) is 20.4. The van der Waals surface area contributed by atoms with E-state index >= 15 is 0 Å². The first-order valence-electron chi connectivity index (χ1n) is 11.6. The quantitative estimate of drug-likeness (QED) is 0.0554. The van der Waals surface area contributed by atoms with Crippen molar-refractivity contribution in [2.75, 3.05) is 26.2 Å². The summed E-state index contributed by atoms with van der Waals surface area (Å²) in [6.07, 6.45) is 4.92.